The maximum atomic E-state index is 10.3. The first-order chi connectivity index (χ1) is 7.57. The first-order valence-corrected chi connectivity index (χ1v) is 5.97. The van der Waals surface area contributed by atoms with E-state index in [-0.39, 0.29) is 5.92 Å². The largest absolute Gasteiger partial charge is 0.493 e. The van der Waals surface area contributed by atoms with Crippen molar-refractivity contribution in [3.05, 3.63) is 29.8 Å². The van der Waals surface area contributed by atoms with Gasteiger partial charge in [0, 0.05) is 5.56 Å². The second-order valence-electron chi connectivity index (χ2n) is 4.52. The van der Waals surface area contributed by atoms with Crippen molar-refractivity contribution in [2.75, 3.05) is 6.61 Å². The van der Waals surface area contributed by atoms with Crippen LogP contribution in [0.3, 0.4) is 0 Å². The van der Waals surface area contributed by atoms with E-state index in [9.17, 15) is 5.11 Å². The molecule has 2 atom stereocenters. The molecule has 0 aliphatic rings. The van der Waals surface area contributed by atoms with E-state index in [2.05, 4.69) is 20.8 Å². The van der Waals surface area contributed by atoms with Crippen LogP contribution in [-0.4, -0.2) is 11.7 Å². The minimum atomic E-state index is -0.456. The Morgan fingerprint density at radius 2 is 1.81 bits per heavy atom. The Labute approximate surface area is 98.3 Å². The van der Waals surface area contributed by atoms with Crippen molar-refractivity contribution in [1.29, 1.82) is 0 Å². The third kappa shape index (κ3) is 2.99. The van der Waals surface area contributed by atoms with Gasteiger partial charge in [-0.2, -0.15) is 0 Å². The minimum Gasteiger partial charge on any atom is -0.493 e. The zero-order valence-corrected chi connectivity index (χ0v) is 10.6. The molecule has 90 valence electrons. The molecule has 1 rings (SSSR count). The lowest BCUT2D eigenvalue weighted by atomic mass is 9.88. The predicted molar refractivity (Wildman–Crippen MR) is 66.6 cm³/mol. The van der Waals surface area contributed by atoms with E-state index in [0.717, 1.165) is 11.3 Å². The van der Waals surface area contributed by atoms with Gasteiger partial charge >= 0.3 is 0 Å². The van der Waals surface area contributed by atoms with Gasteiger partial charge < -0.3 is 9.84 Å². The van der Waals surface area contributed by atoms with E-state index >= 15 is 0 Å². The molecule has 0 aliphatic heterocycles. The van der Waals surface area contributed by atoms with Crippen LogP contribution in [0, 0.1) is 11.8 Å². The fourth-order valence-electron chi connectivity index (χ4n) is 1.66. The summed E-state index contributed by atoms with van der Waals surface area (Å²) in [6, 6.07) is 7.72. The number of ether oxygens (including phenoxy) is 1. The predicted octanol–water partition coefficient (Wildman–Crippen LogP) is 3.41. The Morgan fingerprint density at radius 3 is 2.38 bits per heavy atom. The van der Waals surface area contributed by atoms with Gasteiger partial charge in [-0.1, -0.05) is 39.0 Å². The highest BCUT2D eigenvalue weighted by Crippen LogP contribution is 2.33. The van der Waals surface area contributed by atoms with Crippen LogP contribution in [-0.2, 0) is 0 Å². The Morgan fingerprint density at radius 1 is 1.19 bits per heavy atom. The van der Waals surface area contributed by atoms with Crippen molar-refractivity contribution in [2.45, 2.75) is 33.8 Å². The molecule has 2 nitrogen and oxygen atoms in total. The molecule has 2 unspecified atom stereocenters. The second kappa shape index (κ2) is 5.90. The number of aliphatic hydroxyl groups excluding tert-OH is 1. The molecule has 0 radical (unpaired) electrons. The lowest BCUT2D eigenvalue weighted by Gasteiger charge is -2.24. The first kappa shape index (κ1) is 13.0. The number of rotatable bonds is 5. The number of aliphatic hydroxyl groups is 1. The topological polar surface area (TPSA) is 29.5 Å². The zero-order valence-electron chi connectivity index (χ0n) is 10.6. The molecule has 0 fully saturated rings. The fourth-order valence-corrected chi connectivity index (χ4v) is 1.66. The Hall–Kier alpha value is -1.02. The summed E-state index contributed by atoms with van der Waals surface area (Å²) in [5, 5.41) is 10.3. The van der Waals surface area contributed by atoms with E-state index in [4.69, 9.17) is 4.74 Å². The van der Waals surface area contributed by atoms with Crippen molar-refractivity contribution < 1.29 is 9.84 Å². The van der Waals surface area contributed by atoms with Crippen LogP contribution in [0.2, 0.25) is 0 Å². The number of para-hydroxylation sites is 1. The van der Waals surface area contributed by atoms with Gasteiger partial charge in [0.25, 0.3) is 0 Å². The SMILES string of the molecule is CCOc1ccccc1C(O)C(C)C(C)C. The van der Waals surface area contributed by atoms with E-state index in [1.54, 1.807) is 0 Å². The third-order valence-corrected chi connectivity index (χ3v) is 3.09. The molecule has 0 aromatic heterocycles. The van der Waals surface area contributed by atoms with Gasteiger partial charge in [-0.05, 0) is 24.8 Å². The quantitative estimate of drug-likeness (QED) is 0.827. The molecule has 0 amide bonds. The molecular formula is C14H22O2. The number of hydrogen-bond donors (Lipinski definition) is 1. The summed E-state index contributed by atoms with van der Waals surface area (Å²) in [5.74, 6) is 1.47. The molecule has 0 saturated carbocycles. The molecule has 0 heterocycles. The van der Waals surface area contributed by atoms with Crippen LogP contribution in [0.1, 0.15) is 39.4 Å². The summed E-state index contributed by atoms with van der Waals surface area (Å²) in [6.45, 7) is 8.89. The van der Waals surface area contributed by atoms with Crippen LogP contribution < -0.4 is 4.74 Å². The summed E-state index contributed by atoms with van der Waals surface area (Å²) in [4.78, 5) is 0. The molecule has 0 saturated heterocycles. The Balaban J connectivity index is 2.93. The number of benzene rings is 1. The fraction of sp³-hybridized carbons (Fsp3) is 0.571. The van der Waals surface area contributed by atoms with Crippen molar-refractivity contribution in [3.8, 4) is 5.75 Å². The maximum Gasteiger partial charge on any atom is 0.125 e. The molecule has 0 spiro atoms. The summed E-state index contributed by atoms with van der Waals surface area (Å²) in [6.07, 6.45) is -0.456. The van der Waals surface area contributed by atoms with Crippen molar-refractivity contribution in [2.24, 2.45) is 11.8 Å². The summed E-state index contributed by atoms with van der Waals surface area (Å²) in [7, 11) is 0. The van der Waals surface area contributed by atoms with Gasteiger partial charge in [-0.3, -0.25) is 0 Å². The third-order valence-electron chi connectivity index (χ3n) is 3.09. The summed E-state index contributed by atoms with van der Waals surface area (Å²) in [5.41, 5.74) is 0.894. The minimum absolute atomic E-state index is 0.224. The monoisotopic (exact) mass is 222 g/mol. The maximum absolute atomic E-state index is 10.3. The van der Waals surface area contributed by atoms with Gasteiger partial charge in [-0.15, -0.1) is 0 Å². The normalized spacial score (nSPS) is 14.9. The van der Waals surface area contributed by atoms with Crippen molar-refractivity contribution in [1.82, 2.24) is 0 Å². The highest BCUT2D eigenvalue weighted by molar-refractivity contribution is 5.35. The molecule has 16 heavy (non-hydrogen) atoms. The lowest BCUT2D eigenvalue weighted by Crippen LogP contribution is -2.15. The van der Waals surface area contributed by atoms with E-state index < -0.39 is 6.10 Å². The Bertz CT molecular complexity index is 320. The van der Waals surface area contributed by atoms with Gasteiger partial charge in [0.15, 0.2) is 0 Å². The first-order valence-electron chi connectivity index (χ1n) is 5.97. The molecule has 0 aliphatic carbocycles. The van der Waals surface area contributed by atoms with Crippen LogP contribution in [0.25, 0.3) is 0 Å². The molecule has 0 bridgehead atoms. The highest BCUT2D eigenvalue weighted by atomic mass is 16.5. The molecule has 1 aromatic rings. The van der Waals surface area contributed by atoms with Crippen molar-refractivity contribution in [3.63, 3.8) is 0 Å². The summed E-state index contributed by atoms with van der Waals surface area (Å²) < 4.78 is 5.53. The molecule has 2 heteroatoms. The van der Waals surface area contributed by atoms with Crippen LogP contribution in [0.5, 0.6) is 5.75 Å². The van der Waals surface area contributed by atoms with Gasteiger partial charge in [0.1, 0.15) is 5.75 Å². The average Bonchev–Trinajstić information content (AvgIpc) is 2.28. The van der Waals surface area contributed by atoms with Crippen LogP contribution >= 0.6 is 0 Å². The molecule has 1 N–H and O–H groups in total. The second-order valence-corrected chi connectivity index (χ2v) is 4.52. The zero-order chi connectivity index (χ0) is 12.1. The lowest BCUT2D eigenvalue weighted by molar-refractivity contribution is 0.0889. The van der Waals surface area contributed by atoms with Gasteiger partial charge in [-0.25, -0.2) is 0 Å². The highest BCUT2D eigenvalue weighted by Gasteiger charge is 2.22. The number of hydrogen-bond acceptors (Lipinski definition) is 2. The van der Waals surface area contributed by atoms with E-state index in [1.807, 2.05) is 31.2 Å². The van der Waals surface area contributed by atoms with E-state index in [0.29, 0.717) is 12.5 Å². The van der Waals surface area contributed by atoms with Crippen LogP contribution in [0.4, 0.5) is 0 Å². The Kier molecular flexibility index (Phi) is 4.81. The van der Waals surface area contributed by atoms with Gasteiger partial charge in [0.2, 0.25) is 0 Å². The van der Waals surface area contributed by atoms with E-state index in [1.165, 1.54) is 0 Å². The standard InChI is InChI=1S/C14H22O2/c1-5-16-13-9-7-6-8-12(13)14(15)11(4)10(2)3/h6-11,14-15H,5H2,1-4H3. The average molecular weight is 222 g/mol. The smallest absolute Gasteiger partial charge is 0.125 e. The van der Waals surface area contributed by atoms with Crippen LogP contribution in [0.15, 0.2) is 24.3 Å². The molecule has 1 aromatic carbocycles. The molecular weight excluding hydrogens is 200 g/mol. The van der Waals surface area contributed by atoms with Gasteiger partial charge in [0.05, 0.1) is 12.7 Å². The van der Waals surface area contributed by atoms with Crippen molar-refractivity contribution >= 4 is 0 Å². The summed E-state index contributed by atoms with van der Waals surface area (Å²) >= 11 is 0.